The van der Waals surface area contributed by atoms with E-state index in [1.807, 2.05) is 0 Å². The molecule has 0 unspecified atom stereocenters. The normalized spacial score (nSPS) is 10.6. The molecule has 16 heavy (non-hydrogen) atoms. The lowest BCUT2D eigenvalue weighted by molar-refractivity contribution is -0.113. The van der Waals surface area contributed by atoms with Crippen LogP contribution in [0.1, 0.15) is 10.4 Å². The fraction of sp³-hybridized carbons (Fsp3) is 0. The number of primary amides is 1. The van der Waals surface area contributed by atoms with Crippen LogP contribution in [0.2, 0.25) is 0 Å². The number of ketones is 1. The Morgan fingerprint density at radius 3 is 2.06 bits per heavy atom. The summed E-state index contributed by atoms with van der Waals surface area (Å²) in [6, 6.07) is 3.15. The van der Waals surface area contributed by atoms with Gasteiger partial charge in [0.25, 0.3) is 0 Å². The lowest BCUT2D eigenvalue weighted by Gasteiger charge is -2.03. The van der Waals surface area contributed by atoms with E-state index in [1.54, 1.807) is 12.1 Å². The van der Waals surface area contributed by atoms with Gasteiger partial charge in [-0.2, -0.15) is 0 Å². The molecule has 0 saturated carbocycles. The van der Waals surface area contributed by atoms with E-state index in [9.17, 15) is 9.59 Å². The van der Waals surface area contributed by atoms with Gasteiger partial charge in [0, 0.05) is 20.6 Å². The van der Waals surface area contributed by atoms with Crippen molar-refractivity contribution in [1.82, 2.24) is 0 Å². The molecule has 0 fully saturated rings. The number of allylic oxidation sites excluding steroid dienone is 1. The average molecular weight is 348 g/mol. The van der Waals surface area contributed by atoms with Crippen LogP contribution in [0.5, 0.6) is 0 Å². The minimum Gasteiger partial charge on any atom is -0.397 e. The first kappa shape index (κ1) is 12.9. The van der Waals surface area contributed by atoms with E-state index in [-0.39, 0.29) is 5.78 Å². The summed E-state index contributed by atoms with van der Waals surface area (Å²) in [5, 5.41) is 0. The summed E-state index contributed by atoms with van der Waals surface area (Å²) in [4.78, 5) is 22.1. The van der Waals surface area contributed by atoms with Gasteiger partial charge in [-0.25, -0.2) is 0 Å². The Hall–Kier alpha value is -1.14. The van der Waals surface area contributed by atoms with Crippen LogP contribution in [0, 0.1) is 0 Å². The third kappa shape index (κ3) is 3.18. The fourth-order valence-corrected chi connectivity index (χ4v) is 2.17. The van der Waals surface area contributed by atoms with Crippen molar-refractivity contribution in [2.75, 3.05) is 5.73 Å². The molecule has 0 aromatic heterocycles. The van der Waals surface area contributed by atoms with Crippen molar-refractivity contribution in [1.29, 1.82) is 0 Å². The Bertz CT molecular complexity index is 461. The van der Waals surface area contributed by atoms with E-state index in [4.69, 9.17) is 11.5 Å². The SMILES string of the molecule is NC(=O)/C=C/C(=O)c1cc(Br)c(N)c(Br)c1. The molecule has 0 spiro atoms. The van der Waals surface area contributed by atoms with Crippen LogP contribution in [0.15, 0.2) is 33.2 Å². The summed E-state index contributed by atoms with van der Waals surface area (Å²) in [6.45, 7) is 0. The number of halogens is 2. The Kier molecular flexibility index (Phi) is 4.26. The van der Waals surface area contributed by atoms with E-state index in [2.05, 4.69) is 31.9 Å². The number of carbonyl (C=O) groups is 2. The Morgan fingerprint density at radius 1 is 1.12 bits per heavy atom. The molecule has 4 nitrogen and oxygen atoms in total. The van der Waals surface area contributed by atoms with Crippen LogP contribution in [0.3, 0.4) is 0 Å². The predicted octanol–water partition coefficient (Wildman–Crippen LogP) is 2.02. The molecule has 1 aromatic carbocycles. The number of anilines is 1. The highest BCUT2D eigenvalue weighted by atomic mass is 79.9. The van der Waals surface area contributed by atoms with Crippen molar-refractivity contribution in [3.63, 3.8) is 0 Å². The maximum atomic E-state index is 11.6. The monoisotopic (exact) mass is 346 g/mol. The van der Waals surface area contributed by atoms with Crippen molar-refractivity contribution in [3.05, 3.63) is 38.8 Å². The number of nitrogens with two attached hydrogens (primary N) is 2. The minimum absolute atomic E-state index is 0.319. The zero-order valence-electron chi connectivity index (χ0n) is 8.04. The molecular formula is C10H8Br2N2O2. The van der Waals surface area contributed by atoms with Crippen LogP contribution >= 0.6 is 31.9 Å². The van der Waals surface area contributed by atoms with Crippen molar-refractivity contribution < 1.29 is 9.59 Å². The summed E-state index contributed by atoms with van der Waals surface area (Å²) < 4.78 is 1.22. The lowest BCUT2D eigenvalue weighted by Crippen LogP contribution is -2.07. The number of hydrogen-bond acceptors (Lipinski definition) is 3. The van der Waals surface area contributed by atoms with Gasteiger partial charge in [0.05, 0.1) is 5.69 Å². The largest absolute Gasteiger partial charge is 0.397 e. The molecule has 0 saturated heterocycles. The summed E-state index contributed by atoms with van der Waals surface area (Å²) in [5.74, 6) is -0.984. The zero-order chi connectivity index (χ0) is 12.3. The molecule has 1 rings (SSSR count). The van der Waals surface area contributed by atoms with Gasteiger partial charge in [0.15, 0.2) is 5.78 Å². The molecule has 6 heteroatoms. The van der Waals surface area contributed by atoms with E-state index in [0.29, 0.717) is 20.2 Å². The number of hydrogen-bond donors (Lipinski definition) is 2. The maximum Gasteiger partial charge on any atom is 0.241 e. The highest BCUT2D eigenvalue weighted by molar-refractivity contribution is 9.11. The second kappa shape index (κ2) is 5.27. The molecule has 0 bridgehead atoms. The highest BCUT2D eigenvalue weighted by Crippen LogP contribution is 2.29. The van der Waals surface area contributed by atoms with E-state index in [1.165, 1.54) is 0 Å². The summed E-state index contributed by atoms with van der Waals surface area (Å²) in [7, 11) is 0. The van der Waals surface area contributed by atoms with Gasteiger partial charge in [0.1, 0.15) is 0 Å². The third-order valence-corrected chi connectivity index (χ3v) is 3.07. The van der Waals surface area contributed by atoms with Gasteiger partial charge < -0.3 is 11.5 Å². The highest BCUT2D eigenvalue weighted by Gasteiger charge is 2.08. The van der Waals surface area contributed by atoms with Crippen LogP contribution in [0.4, 0.5) is 5.69 Å². The Morgan fingerprint density at radius 2 is 1.62 bits per heavy atom. The Labute approximate surface area is 109 Å². The van der Waals surface area contributed by atoms with Gasteiger partial charge in [-0.1, -0.05) is 0 Å². The van der Waals surface area contributed by atoms with Crippen LogP contribution in [-0.4, -0.2) is 11.7 Å². The van der Waals surface area contributed by atoms with Crippen molar-refractivity contribution in [2.24, 2.45) is 5.73 Å². The van der Waals surface area contributed by atoms with Gasteiger partial charge in [-0.3, -0.25) is 9.59 Å². The number of carbonyl (C=O) groups excluding carboxylic acids is 2. The summed E-state index contributed by atoms with van der Waals surface area (Å²) in [5.41, 5.74) is 11.5. The van der Waals surface area contributed by atoms with E-state index >= 15 is 0 Å². The molecule has 1 aromatic rings. The van der Waals surface area contributed by atoms with Crippen LogP contribution < -0.4 is 11.5 Å². The topological polar surface area (TPSA) is 86.2 Å². The van der Waals surface area contributed by atoms with Gasteiger partial charge in [0.2, 0.25) is 5.91 Å². The van der Waals surface area contributed by atoms with E-state index in [0.717, 1.165) is 12.2 Å². The smallest absolute Gasteiger partial charge is 0.241 e. The second-order valence-corrected chi connectivity index (χ2v) is 4.66. The van der Waals surface area contributed by atoms with Gasteiger partial charge in [-0.05, 0) is 50.1 Å². The summed E-state index contributed by atoms with van der Waals surface area (Å²) in [6.07, 6.45) is 2.13. The third-order valence-electron chi connectivity index (χ3n) is 1.76. The second-order valence-electron chi connectivity index (χ2n) is 2.95. The number of benzene rings is 1. The number of nitrogen functional groups attached to an aromatic ring is 1. The lowest BCUT2D eigenvalue weighted by atomic mass is 10.1. The first-order valence-electron chi connectivity index (χ1n) is 4.18. The van der Waals surface area contributed by atoms with Crippen molar-refractivity contribution in [2.45, 2.75) is 0 Å². The molecular weight excluding hydrogens is 340 g/mol. The van der Waals surface area contributed by atoms with Crippen LogP contribution in [-0.2, 0) is 4.79 Å². The van der Waals surface area contributed by atoms with Crippen molar-refractivity contribution in [3.8, 4) is 0 Å². The predicted molar refractivity (Wildman–Crippen MR) is 68.9 cm³/mol. The van der Waals surface area contributed by atoms with Crippen molar-refractivity contribution >= 4 is 49.2 Å². The molecule has 0 atom stereocenters. The molecule has 0 heterocycles. The standard InChI is InChI=1S/C10H8Br2N2O2/c11-6-3-5(4-7(12)10(6)14)8(15)1-2-9(13)16/h1-4H,14H2,(H2,13,16)/b2-1+. The quantitative estimate of drug-likeness (QED) is 0.498. The molecule has 0 aliphatic carbocycles. The molecule has 0 aliphatic rings. The first-order chi connectivity index (χ1) is 7.41. The molecule has 0 radical (unpaired) electrons. The van der Waals surface area contributed by atoms with Crippen LogP contribution in [0.25, 0.3) is 0 Å². The average Bonchev–Trinajstić information content (AvgIpc) is 2.21. The molecule has 84 valence electrons. The maximum absolute atomic E-state index is 11.6. The Balaban J connectivity index is 3.06. The molecule has 1 amide bonds. The molecule has 4 N–H and O–H groups in total. The number of amides is 1. The summed E-state index contributed by atoms with van der Waals surface area (Å²) >= 11 is 6.44. The fourth-order valence-electron chi connectivity index (χ4n) is 0.981. The number of rotatable bonds is 3. The zero-order valence-corrected chi connectivity index (χ0v) is 11.2. The van der Waals surface area contributed by atoms with E-state index < -0.39 is 5.91 Å². The first-order valence-corrected chi connectivity index (χ1v) is 5.76. The van der Waals surface area contributed by atoms with Gasteiger partial charge >= 0.3 is 0 Å². The molecule has 0 aliphatic heterocycles. The minimum atomic E-state index is -0.665. The van der Waals surface area contributed by atoms with Gasteiger partial charge in [-0.15, -0.1) is 0 Å².